The Balaban J connectivity index is 2.27. The van der Waals surface area contributed by atoms with E-state index in [1.807, 2.05) is 26.0 Å². The lowest BCUT2D eigenvalue weighted by molar-refractivity contribution is -0.117. The molecule has 2 rings (SSSR count). The second kappa shape index (κ2) is 8.04. The van der Waals surface area contributed by atoms with Crippen LogP contribution in [0.4, 0.5) is 5.69 Å². The molecule has 0 fully saturated rings. The summed E-state index contributed by atoms with van der Waals surface area (Å²) < 4.78 is 1.61. The second-order valence-electron chi connectivity index (χ2n) is 4.70. The monoisotopic (exact) mass is 348 g/mol. The fraction of sp³-hybridized carbons (Fsp3) is 0.312. The van der Waals surface area contributed by atoms with Crippen LogP contribution in [-0.2, 0) is 4.79 Å². The van der Waals surface area contributed by atoms with Gasteiger partial charge < -0.3 is 4.90 Å². The van der Waals surface area contributed by atoms with E-state index in [0.29, 0.717) is 18.0 Å². The van der Waals surface area contributed by atoms with Gasteiger partial charge in [0.1, 0.15) is 5.69 Å². The molecule has 0 aliphatic carbocycles. The topological polar surface area (TPSA) is 51.0 Å². The number of anilines is 1. The van der Waals surface area contributed by atoms with E-state index in [-0.39, 0.29) is 16.3 Å². The Kier molecular flexibility index (Phi) is 6.08. The largest absolute Gasteiger partial charge is 0.308 e. The van der Waals surface area contributed by atoms with Crippen molar-refractivity contribution in [3.63, 3.8) is 0 Å². The molecule has 23 heavy (non-hydrogen) atoms. The minimum Gasteiger partial charge on any atom is -0.308 e. The summed E-state index contributed by atoms with van der Waals surface area (Å²) in [4.78, 5) is 18.3. The summed E-state index contributed by atoms with van der Waals surface area (Å²) >= 11 is 7.66. The SMILES string of the molecule is C#CCSC(C)C(=O)N(CC)c1cn(-c2cccnc2)nc1Cl. The van der Waals surface area contributed by atoms with Crippen LogP contribution in [0.5, 0.6) is 0 Å². The Labute approximate surface area is 145 Å². The molecular weight excluding hydrogens is 332 g/mol. The van der Waals surface area contributed by atoms with Gasteiger partial charge in [0.2, 0.25) is 5.91 Å². The summed E-state index contributed by atoms with van der Waals surface area (Å²) in [6, 6.07) is 3.68. The number of carbonyl (C=O) groups excluding carboxylic acids is 1. The van der Waals surface area contributed by atoms with Gasteiger partial charge in [0.25, 0.3) is 0 Å². The Bertz CT molecular complexity index is 711. The molecule has 120 valence electrons. The molecule has 1 amide bonds. The molecule has 5 nitrogen and oxygen atoms in total. The fourth-order valence-corrected chi connectivity index (χ4v) is 2.90. The molecule has 1 unspecified atom stereocenters. The number of terminal acetylenes is 1. The highest BCUT2D eigenvalue weighted by molar-refractivity contribution is 8.00. The first-order valence-corrected chi connectivity index (χ1v) is 8.53. The van der Waals surface area contributed by atoms with Gasteiger partial charge in [-0.1, -0.05) is 17.5 Å². The molecule has 0 N–H and O–H groups in total. The molecule has 0 aromatic carbocycles. The van der Waals surface area contributed by atoms with Crippen LogP contribution in [0.25, 0.3) is 5.69 Å². The zero-order valence-electron chi connectivity index (χ0n) is 12.9. The van der Waals surface area contributed by atoms with Crippen LogP contribution < -0.4 is 4.90 Å². The molecule has 0 saturated heterocycles. The van der Waals surface area contributed by atoms with Crippen LogP contribution in [0, 0.1) is 12.3 Å². The number of rotatable bonds is 6. The van der Waals surface area contributed by atoms with Crippen LogP contribution in [0.3, 0.4) is 0 Å². The Hall–Kier alpha value is -1.97. The van der Waals surface area contributed by atoms with E-state index in [0.717, 1.165) is 5.69 Å². The highest BCUT2D eigenvalue weighted by atomic mass is 35.5. The smallest absolute Gasteiger partial charge is 0.239 e. The minimum atomic E-state index is -0.246. The van der Waals surface area contributed by atoms with Gasteiger partial charge >= 0.3 is 0 Å². The standard InChI is InChI=1S/C16H17ClN4OS/c1-4-9-23-12(3)16(22)20(5-2)14-11-21(19-15(14)17)13-7-6-8-18-10-13/h1,6-8,10-12H,5,9H2,2-3H3. The molecule has 0 aliphatic heterocycles. The van der Waals surface area contributed by atoms with Crippen molar-refractivity contribution in [1.82, 2.24) is 14.8 Å². The molecule has 0 spiro atoms. The van der Waals surface area contributed by atoms with Crippen molar-refractivity contribution in [2.24, 2.45) is 0 Å². The van der Waals surface area contributed by atoms with Gasteiger partial charge in [-0.25, -0.2) is 4.68 Å². The zero-order chi connectivity index (χ0) is 16.8. The maximum atomic E-state index is 12.6. The molecule has 1 atom stereocenters. The zero-order valence-corrected chi connectivity index (χ0v) is 14.5. The third kappa shape index (κ3) is 4.06. The Morgan fingerprint density at radius 1 is 1.61 bits per heavy atom. The van der Waals surface area contributed by atoms with Crippen LogP contribution in [-0.4, -0.2) is 38.2 Å². The van der Waals surface area contributed by atoms with Crippen LogP contribution in [0.15, 0.2) is 30.7 Å². The third-order valence-corrected chi connectivity index (χ3v) is 4.50. The lowest BCUT2D eigenvalue weighted by Crippen LogP contribution is -2.36. The summed E-state index contributed by atoms with van der Waals surface area (Å²) in [5.74, 6) is 2.98. The molecule has 7 heteroatoms. The number of pyridine rings is 1. The van der Waals surface area contributed by atoms with Crippen molar-refractivity contribution in [3.8, 4) is 18.0 Å². The van der Waals surface area contributed by atoms with Gasteiger partial charge in [0.05, 0.1) is 29.1 Å². The van der Waals surface area contributed by atoms with Crippen molar-refractivity contribution < 1.29 is 4.79 Å². The minimum absolute atomic E-state index is 0.0413. The first-order chi connectivity index (χ1) is 11.1. The lowest BCUT2D eigenvalue weighted by Gasteiger charge is -2.22. The molecule has 0 aliphatic rings. The van der Waals surface area contributed by atoms with Gasteiger partial charge in [-0.3, -0.25) is 9.78 Å². The maximum Gasteiger partial charge on any atom is 0.239 e. The molecule has 0 bridgehead atoms. The molecule has 0 radical (unpaired) electrons. The normalized spacial score (nSPS) is 11.7. The summed E-state index contributed by atoms with van der Waals surface area (Å²) in [7, 11) is 0. The molecule has 2 heterocycles. The molecular formula is C16H17ClN4OS. The van der Waals surface area contributed by atoms with Gasteiger partial charge in [-0.05, 0) is 26.0 Å². The summed E-state index contributed by atoms with van der Waals surface area (Å²) in [6.07, 6.45) is 10.3. The van der Waals surface area contributed by atoms with E-state index < -0.39 is 0 Å². The van der Waals surface area contributed by atoms with Crippen molar-refractivity contribution in [3.05, 3.63) is 35.9 Å². The van der Waals surface area contributed by atoms with Gasteiger partial charge in [0, 0.05) is 12.7 Å². The van der Waals surface area contributed by atoms with Crippen molar-refractivity contribution in [2.75, 3.05) is 17.2 Å². The van der Waals surface area contributed by atoms with E-state index in [9.17, 15) is 4.79 Å². The number of hydrogen-bond acceptors (Lipinski definition) is 4. The van der Waals surface area contributed by atoms with E-state index in [2.05, 4.69) is 16.0 Å². The number of aromatic nitrogens is 3. The third-order valence-electron chi connectivity index (χ3n) is 3.20. The molecule has 0 saturated carbocycles. The van der Waals surface area contributed by atoms with Crippen molar-refractivity contribution >= 4 is 35.0 Å². The van der Waals surface area contributed by atoms with E-state index >= 15 is 0 Å². The van der Waals surface area contributed by atoms with E-state index in [1.54, 1.807) is 28.2 Å². The Morgan fingerprint density at radius 2 is 2.39 bits per heavy atom. The predicted molar refractivity (Wildman–Crippen MR) is 95.1 cm³/mol. The average molecular weight is 349 g/mol. The molecule has 2 aromatic heterocycles. The first-order valence-electron chi connectivity index (χ1n) is 7.10. The van der Waals surface area contributed by atoms with Crippen molar-refractivity contribution in [2.45, 2.75) is 19.1 Å². The van der Waals surface area contributed by atoms with E-state index in [1.165, 1.54) is 11.8 Å². The van der Waals surface area contributed by atoms with Gasteiger partial charge in [-0.15, -0.1) is 18.2 Å². The predicted octanol–water partition coefficient (Wildman–Crippen LogP) is 3.03. The summed E-state index contributed by atoms with van der Waals surface area (Å²) in [5, 5.41) is 4.29. The average Bonchev–Trinajstić information content (AvgIpc) is 2.96. The number of halogens is 1. The maximum absolute atomic E-state index is 12.6. The number of thioether (sulfide) groups is 1. The fourth-order valence-electron chi connectivity index (χ4n) is 2.06. The quantitative estimate of drug-likeness (QED) is 0.753. The van der Waals surface area contributed by atoms with Crippen LogP contribution in [0.2, 0.25) is 5.15 Å². The first kappa shape index (κ1) is 17.4. The number of amides is 1. The summed E-state index contributed by atoms with van der Waals surface area (Å²) in [6.45, 7) is 4.24. The summed E-state index contributed by atoms with van der Waals surface area (Å²) in [5.41, 5.74) is 1.36. The van der Waals surface area contributed by atoms with Crippen molar-refractivity contribution in [1.29, 1.82) is 0 Å². The lowest BCUT2D eigenvalue weighted by atomic mass is 10.3. The van der Waals surface area contributed by atoms with Crippen LogP contribution >= 0.6 is 23.4 Å². The van der Waals surface area contributed by atoms with E-state index in [4.69, 9.17) is 18.0 Å². The highest BCUT2D eigenvalue weighted by Crippen LogP contribution is 2.27. The van der Waals surface area contributed by atoms with Gasteiger partial charge in [0.15, 0.2) is 5.15 Å². The second-order valence-corrected chi connectivity index (χ2v) is 6.39. The number of carbonyl (C=O) groups is 1. The Morgan fingerprint density at radius 3 is 3.00 bits per heavy atom. The number of nitrogens with zero attached hydrogens (tertiary/aromatic N) is 4. The van der Waals surface area contributed by atoms with Crippen LogP contribution in [0.1, 0.15) is 13.8 Å². The molecule has 2 aromatic rings. The van der Waals surface area contributed by atoms with Gasteiger partial charge in [-0.2, -0.15) is 5.10 Å². The highest BCUT2D eigenvalue weighted by Gasteiger charge is 2.24. The number of hydrogen-bond donors (Lipinski definition) is 0.